The third-order valence-electron chi connectivity index (χ3n) is 4.91. The number of benzene rings is 3. The van der Waals surface area contributed by atoms with Gasteiger partial charge in [-0.25, -0.2) is 0 Å². The summed E-state index contributed by atoms with van der Waals surface area (Å²) in [5, 5.41) is 3.91. The van der Waals surface area contributed by atoms with E-state index in [2.05, 4.69) is 58.3 Å². The standard InChI is InChI=1S/C21H20Cl2N2/c22-20-9-8-18(14-21(20)23)25-12-10-24(11-13-25)15-17-6-3-5-16-4-1-2-7-19(16)17/h1-9,14H,10-13,15H2. The summed E-state index contributed by atoms with van der Waals surface area (Å²) in [6.45, 7) is 5.09. The molecule has 1 heterocycles. The van der Waals surface area contributed by atoms with Crippen LogP contribution in [0, 0.1) is 0 Å². The second kappa shape index (κ2) is 7.25. The summed E-state index contributed by atoms with van der Waals surface area (Å²) >= 11 is 12.2. The van der Waals surface area contributed by atoms with Gasteiger partial charge in [-0.15, -0.1) is 0 Å². The SMILES string of the molecule is Clc1ccc(N2CCN(Cc3cccc4ccccc34)CC2)cc1Cl. The molecule has 0 unspecified atom stereocenters. The van der Waals surface area contributed by atoms with Crippen LogP contribution in [0.2, 0.25) is 10.0 Å². The molecule has 3 aromatic rings. The zero-order valence-corrected chi connectivity index (χ0v) is 15.5. The molecule has 4 rings (SSSR count). The maximum Gasteiger partial charge on any atom is 0.0612 e. The zero-order chi connectivity index (χ0) is 17.2. The van der Waals surface area contributed by atoms with E-state index < -0.39 is 0 Å². The predicted molar refractivity (Wildman–Crippen MR) is 108 cm³/mol. The van der Waals surface area contributed by atoms with Gasteiger partial charge in [0.1, 0.15) is 0 Å². The molecule has 0 N–H and O–H groups in total. The largest absolute Gasteiger partial charge is 0.369 e. The zero-order valence-electron chi connectivity index (χ0n) is 14.0. The van der Waals surface area contributed by atoms with Crippen molar-refractivity contribution < 1.29 is 0 Å². The summed E-state index contributed by atoms with van der Waals surface area (Å²) in [5.74, 6) is 0. The Balaban J connectivity index is 1.44. The average molecular weight is 371 g/mol. The van der Waals surface area contributed by atoms with Crippen LogP contribution in [0.3, 0.4) is 0 Å². The Kier molecular flexibility index (Phi) is 4.85. The van der Waals surface area contributed by atoms with Gasteiger partial charge in [0, 0.05) is 38.4 Å². The lowest BCUT2D eigenvalue weighted by Gasteiger charge is -2.36. The fourth-order valence-corrected chi connectivity index (χ4v) is 3.81. The van der Waals surface area contributed by atoms with Crippen molar-refractivity contribution in [1.29, 1.82) is 0 Å². The van der Waals surface area contributed by atoms with Crippen LogP contribution >= 0.6 is 23.2 Å². The lowest BCUT2D eigenvalue weighted by Crippen LogP contribution is -2.46. The van der Waals surface area contributed by atoms with E-state index >= 15 is 0 Å². The molecular weight excluding hydrogens is 351 g/mol. The van der Waals surface area contributed by atoms with Gasteiger partial charge < -0.3 is 4.90 Å². The maximum absolute atomic E-state index is 6.16. The molecule has 25 heavy (non-hydrogen) atoms. The van der Waals surface area contributed by atoms with Crippen LogP contribution < -0.4 is 4.90 Å². The average Bonchev–Trinajstić information content (AvgIpc) is 2.65. The number of anilines is 1. The topological polar surface area (TPSA) is 6.48 Å². The molecule has 1 fully saturated rings. The van der Waals surface area contributed by atoms with Gasteiger partial charge in [0.15, 0.2) is 0 Å². The molecule has 0 saturated carbocycles. The van der Waals surface area contributed by atoms with Crippen LogP contribution in [-0.2, 0) is 6.54 Å². The molecule has 1 aliphatic heterocycles. The molecule has 1 saturated heterocycles. The second-order valence-electron chi connectivity index (χ2n) is 6.50. The minimum absolute atomic E-state index is 0.611. The van der Waals surface area contributed by atoms with Gasteiger partial charge in [0.05, 0.1) is 10.0 Å². The molecule has 0 amide bonds. The van der Waals surface area contributed by atoms with Crippen LogP contribution in [0.15, 0.2) is 60.7 Å². The summed E-state index contributed by atoms with van der Waals surface area (Å²) in [4.78, 5) is 4.90. The van der Waals surface area contributed by atoms with Gasteiger partial charge >= 0.3 is 0 Å². The fraction of sp³-hybridized carbons (Fsp3) is 0.238. The highest BCUT2D eigenvalue weighted by molar-refractivity contribution is 6.42. The van der Waals surface area contributed by atoms with Crippen molar-refractivity contribution in [2.45, 2.75) is 6.54 Å². The number of nitrogens with zero attached hydrogens (tertiary/aromatic N) is 2. The van der Waals surface area contributed by atoms with Crippen molar-refractivity contribution in [2.75, 3.05) is 31.1 Å². The number of piperazine rings is 1. The molecule has 0 aromatic heterocycles. The van der Waals surface area contributed by atoms with Crippen molar-refractivity contribution in [3.8, 4) is 0 Å². The van der Waals surface area contributed by atoms with Gasteiger partial charge in [-0.3, -0.25) is 4.90 Å². The van der Waals surface area contributed by atoms with Crippen LogP contribution in [0.5, 0.6) is 0 Å². The Morgan fingerprint density at radius 2 is 1.52 bits per heavy atom. The third-order valence-corrected chi connectivity index (χ3v) is 5.65. The summed E-state index contributed by atoms with van der Waals surface area (Å²) in [6, 6.07) is 21.1. The number of hydrogen-bond acceptors (Lipinski definition) is 2. The van der Waals surface area contributed by atoms with Crippen LogP contribution in [0.25, 0.3) is 10.8 Å². The van der Waals surface area contributed by atoms with Crippen LogP contribution in [0.4, 0.5) is 5.69 Å². The Hall–Kier alpha value is -1.74. The highest BCUT2D eigenvalue weighted by atomic mass is 35.5. The lowest BCUT2D eigenvalue weighted by molar-refractivity contribution is 0.250. The predicted octanol–water partition coefficient (Wildman–Crippen LogP) is 5.47. The molecule has 0 aliphatic carbocycles. The van der Waals surface area contributed by atoms with E-state index in [4.69, 9.17) is 23.2 Å². The first-order valence-electron chi connectivity index (χ1n) is 8.60. The van der Waals surface area contributed by atoms with Crippen molar-refractivity contribution in [3.63, 3.8) is 0 Å². The van der Waals surface area contributed by atoms with Crippen molar-refractivity contribution in [2.24, 2.45) is 0 Å². The highest BCUT2D eigenvalue weighted by Gasteiger charge is 2.18. The van der Waals surface area contributed by atoms with Gasteiger partial charge in [0.2, 0.25) is 0 Å². The summed E-state index contributed by atoms with van der Waals surface area (Å²) < 4.78 is 0. The van der Waals surface area contributed by atoms with Crippen LogP contribution in [-0.4, -0.2) is 31.1 Å². The molecule has 0 radical (unpaired) electrons. The molecule has 0 bridgehead atoms. The molecule has 3 aromatic carbocycles. The summed E-state index contributed by atoms with van der Waals surface area (Å²) in [5.41, 5.74) is 2.56. The van der Waals surface area contributed by atoms with E-state index in [-0.39, 0.29) is 0 Å². The fourth-order valence-electron chi connectivity index (χ4n) is 3.52. The van der Waals surface area contributed by atoms with Gasteiger partial charge in [-0.1, -0.05) is 65.7 Å². The number of rotatable bonds is 3. The van der Waals surface area contributed by atoms with Gasteiger partial charge in [-0.05, 0) is 34.5 Å². The second-order valence-corrected chi connectivity index (χ2v) is 7.31. The Bertz CT molecular complexity index is 881. The minimum Gasteiger partial charge on any atom is -0.369 e. The van der Waals surface area contributed by atoms with E-state index in [1.165, 1.54) is 16.3 Å². The highest BCUT2D eigenvalue weighted by Crippen LogP contribution is 2.28. The quantitative estimate of drug-likeness (QED) is 0.603. The number of hydrogen-bond donors (Lipinski definition) is 0. The first-order valence-corrected chi connectivity index (χ1v) is 9.35. The van der Waals surface area contributed by atoms with E-state index in [9.17, 15) is 0 Å². The first-order chi connectivity index (χ1) is 12.2. The third kappa shape index (κ3) is 3.62. The van der Waals surface area contributed by atoms with E-state index in [1.54, 1.807) is 0 Å². The van der Waals surface area contributed by atoms with E-state index in [0.29, 0.717) is 10.0 Å². The molecular formula is C21H20Cl2N2. The van der Waals surface area contributed by atoms with Crippen molar-refractivity contribution in [1.82, 2.24) is 4.90 Å². The smallest absolute Gasteiger partial charge is 0.0612 e. The molecule has 0 spiro atoms. The number of fused-ring (bicyclic) bond motifs is 1. The molecule has 2 nitrogen and oxygen atoms in total. The van der Waals surface area contributed by atoms with Crippen molar-refractivity contribution >= 4 is 39.7 Å². The van der Waals surface area contributed by atoms with Crippen molar-refractivity contribution in [3.05, 3.63) is 76.3 Å². The molecule has 1 aliphatic rings. The lowest BCUT2D eigenvalue weighted by atomic mass is 10.0. The minimum atomic E-state index is 0.611. The van der Waals surface area contributed by atoms with Crippen LogP contribution in [0.1, 0.15) is 5.56 Å². The maximum atomic E-state index is 6.16. The number of halogens is 2. The Morgan fingerprint density at radius 1 is 0.760 bits per heavy atom. The Labute approximate surface area is 158 Å². The summed E-state index contributed by atoms with van der Waals surface area (Å²) in [6.07, 6.45) is 0. The van der Waals surface area contributed by atoms with Gasteiger partial charge in [0.25, 0.3) is 0 Å². The normalized spacial score (nSPS) is 15.7. The monoisotopic (exact) mass is 370 g/mol. The molecule has 4 heteroatoms. The summed E-state index contributed by atoms with van der Waals surface area (Å²) in [7, 11) is 0. The van der Waals surface area contributed by atoms with E-state index in [0.717, 1.165) is 38.4 Å². The van der Waals surface area contributed by atoms with E-state index in [1.807, 2.05) is 12.1 Å². The van der Waals surface area contributed by atoms with Gasteiger partial charge in [-0.2, -0.15) is 0 Å². The molecule has 0 atom stereocenters. The Morgan fingerprint density at radius 3 is 2.32 bits per heavy atom. The first kappa shape index (κ1) is 16.7. The molecule has 128 valence electrons.